The van der Waals surface area contributed by atoms with Crippen LogP contribution in [0.15, 0.2) is 35.7 Å². The molecule has 0 N–H and O–H groups in total. The number of benzene rings is 1. The first kappa shape index (κ1) is 13.1. The van der Waals surface area contributed by atoms with Crippen LogP contribution >= 0.6 is 46.1 Å². The summed E-state index contributed by atoms with van der Waals surface area (Å²) in [5.74, 6) is 0.335. The van der Waals surface area contributed by atoms with E-state index in [0.29, 0.717) is 11.0 Å². The highest BCUT2D eigenvalue weighted by Crippen LogP contribution is 2.37. The molecule has 2 heterocycles. The molecule has 1 aromatic carbocycles. The van der Waals surface area contributed by atoms with Crippen LogP contribution < -0.4 is 0 Å². The minimum absolute atomic E-state index is 0.335. The van der Waals surface area contributed by atoms with Crippen molar-refractivity contribution in [2.24, 2.45) is 0 Å². The van der Waals surface area contributed by atoms with E-state index in [1.54, 1.807) is 0 Å². The summed E-state index contributed by atoms with van der Waals surface area (Å²) in [5.41, 5.74) is 2.11. The molecule has 0 atom stereocenters. The molecule has 0 fully saturated rings. The van der Waals surface area contributed by atoms with Gasteiger partial charge in [0.05, 0.1) is 5.39 Å². The van der Waals surface area contributed by atoms with E-state index in [1.807, 2.05) is 35.7 Å². The predicted octanol–water partition coefficient (Wildman–Crippen LogP) is 5.49. The monoisotopic (exact) mass is 328 g/mol. The topological polar surface area (TPSA) is 25.8 Å². The molecule has 0 bridgehead atoms. The second kappa shape index (κ2) is 5.25. The van der Waals surface area contributed by atoms with Gasteiger partial charge in [-0.15, -0.1) is 11.3 Å². The molecule has 0 amide bonds. The third-order valence-corrected chi connectivity index (χ3v) is 4.22. The molecule has 0 unspecified atom stereocenters. The van der Waals surface area contributed by atoms with Crippen molar-refractivity contribution in [3.63, 3.8) is 0 Å². The number of fused-ring (bicyclic) bond motifs is 1. The number of rotatable bonds is 2. The summed E-state index contributed by atoms with van der Waals surface area (Å²) in [4.78, 5) is 8.52. The Hall–Kier alpha value is -0.870. The molecule has 0 aliphatic rings. The summed E-state index contributed by atoms with van der Waals surface area (Å²) in [7, 11) is 0. The van der Waals surface area contributed by atoms with Gasteiger partial charge in [-0.3, -0.25) is 0 Å². The highest BCUT2D eigenvalue weighted by Gasteiger charge is 2.16. The molecule has 96 valence electrons. The average molecular weight is 330 g/mol. The van der Waals surface area contributed by atoms with Crippen molar-refractivity contribution < 1.29 is 0 Å². The van der Waals surface area contributed by atoms with Crippen LogP contribution in [-0.2, 0) is 0 Å². The summed E-state index contributed by atoms with van der Waals surface area (Å²) < 4.78 is 0. The van der Waals surface area contributed by atoms with Gasteiger partial charge in [-0.05, 0) is 5.56 Å². The first-order valence-electron chi connectivity index (χ1n) is 5.45. The maximum absolute atomic E-state index is 6.24. The number of hydrogen-bond acceptors (Lipinski definition) is 3. The van der Waals surface area contributed by atoms with Crippen molar-refractivity contribution in [1.82, 2.24) is 9.97 Å². The molecular formula is C13H7Cl3N2S. The molecular weight excluding hydrogens is 323 g/mol. The van der Waals surface area contributed by atoms with Crippen molar-refractivity contribution in [2.45, 2.75) is 4.84 Å². The lowest BCUT2D eigenvalue weighted by Gasteiger charge is -2.04. The fourth-order valence-electron chi connectivity index (χ4n) is 1.84. The smallest absolute Gasteiger partial charge is 0.167 e. The SMILES string of the molecule is Clc1nc(C(Cl)Cl)nc2scc(-c3ccccc3)c12. The number of nitrogens with zero attached hydrogens (tertiary/aromatic N) is 2. The summed E-state index contributed by atoms with van der Waals surface area (Å²) in [5, 5.41) is 3.24. The van der Waals surface area contributed by atoms with Gasteiger partial charge in [0.15, 0.2) is 10.7 Å². The Morgan fingerprint density at radius 2 is 1.79 bits per heavy atom. The second-order valence-electron chi connectivity index (χ2n) is 3.87. The van der Waals surface area contributed by atoms with Crippen molar-refractivity contribution in [3.05, 3.63) is 46.7 Å². The van der Waals surface area contributed by atoms with Crippen LogP contribution in [0.1, 0.15) is 10.7 Å². The van der Waals surface area contributed by atoms with Gasteiger partial charge in [0, 0.05) is 10.9 Å². The van der Waals surface area contributed by atoms with Crippen LogP contribution in [0.25, 0.3) is 21.3 Å². The molecule has 0 radical (unpaired) electrons. The molecule has 6 heteroatoms. The molecule has 0 spiro atoms. The zero-order valence-corrected chi connectivity index (χ0v) is 12.6. The van der Waals surface area contributed by atoms with Gasteiger partial charge in [-0.1, -0.05) is 65.1 Å². The van der Waals surface area contributed by atoms with Gasteiger partial charge >= 0.3 is 0 Å². The maximum atomic E-state index is 6.24. The van der Waals surface area contributed by atoms with Gasteiger partial charge in [0.25, 0.3) is 0 Å². The Bertz CT molecular complexity index is 725. The third kappa shape index (κ3) is 2.43. The van der Waals surface area contributed by atoms with Crippen LogP contribution in [0.4, 0.5) is 0 Å². The molecule has 0 aliphatic carbocycles. The van der Waals surface area contributed by atoms with Crippen molar-refractivity contribution >= 4 is 56.4 Å². The summed E-state index contributed by atoms with van der Waals surface area (Å²) >= 11 is 19.3. The van der Waals surface area contributed by atoms with Gasteiger partial charge in [0.1, 0.15) is 9.98 Å². The lowest BCUT2D eigenvalue weighted by atomic mass is 10.1. The van der Waals surface area contributed by atoms with Gasteiger partial charge in [0.2, 0.25) is 0 Å². The Morgan fingerprint density at radius 1 is 1.05 bits per heavy atom. The van der Waals surface area contributed by atoms with Crippen molar-refractivity contribution in [1.29, 1.82) is 0 Å². The molecule has 0 saturated carbocycles. The summed E-state index contributed by atoms with van der Waals surface area (Å²) in [6.07, 6.45) is 0. The molecule has 19 heavy (non-hydrogen) atoms. The minimum atomic E-state index is -0.774. The fraction of sp³-hybridized carbons (Fsp3) is 0.0769. The van der Waals surface area contributed by atoms with Gasteiger partial charge in [-0.2, -0.15) is 0 Å². The van der Waals surface area contributed by atoms with Gasteiger partial charge < -0.3 is 0 Å². The van der Waals surface area contributed by atoms with E-state index in [-0.39, 0.29) is 0 Å². The molecule has 0 saturated heterocycles. The Kier molecular flexibility index (Phi) is 3.63. The van der Waals surface area contributed by atoms with Crippen LogP contribution in [0, 0.1) is 0 Å². The zero-order valence-electron chi connectivity index (χ0n) is 9.48. The second-order valence-corrected chi connectivity index (χ2v) is 6.18. The predicted molar refractivity (Wildman–Crippen MR) is 82.3 cm³/mol. The quantitative estimate of drug-likeness (QED) is 0.459. The average Bonchev–Trinajstić information content (AvgIpc) is 2.84. The van der Waals surface area contributed by atoms with E-state index >= 15 is 0 Å². The lowest BCUT2D eigenvalue weighted by Crippen LogP contribution is -1.94. The zero-order chi connectivity index (χ0) is 13.4. The van der Waals surface area contributed by atoms with Crippen LogP contribution in [0.2, 0.25) is 5.15 Å². The van der Waals surface area contributed by atoms with Crippen molar-refractivity contribution in [2.75, 3.05) is 0 Å². The number of alkyl halides is 2. The molecule has 0 aliphatic heterocycles. The van der Waals surface area contributed by atoms with Crippen LogP contribution in [0.5, 0.6) is 0 Å². The minimum Gasteiger partial charge on any atom is -0.219 e. The third-order valence-electron chi connectivity index (χ3n) is 2.69. The summed E-state index contributed by atoms with van der Waals surface area (Å²) in [6.45, 7) is 0. The Morgan fingerprint density at radius 3 is 2.47 bits per heavy atom. The van der Waals surface area contributed by atoms with E-state index in [9.17, 15) is 0 Å². The first-order chi connectivity index (χ1) is 9.16. The highest BCUT2D eigenvalue weighted by atomic mass is 35.5. The van der Waals surface area contributed by atoms with E-state index in [1.165, 1.54) is 11.3 Å². The van der Waals surface area contributed by atoms with E-state index in [4.69, 9.17) is 34.8 Å². The largest absolute Gasteiger partial charge is 0.219 e. The molecule has 2 nitrogen and oxygen atoms in total. The number of aromatic nitrogens is 2. The van der Waals surface area contributed by atoms with Gasteiger partial charge in [-0.25, -0.2) is 9.97 Å². The first-order valence-corrected chi connectivity index (χ1v) is 7.58. The fourth-order valence-corrected chi connectivity index (χ4v) is 3.33. The maximum Gasteiger partial charge on any atom is 0.167 e. The van der Waals surface area contributed by atoms with Crippen LogP contribution in [0.3, 0.4) is 0 Å². The highest BCUT2D eigenvalue weighted by molar-refractivity contribution is 7.17. The molecule has 3 aromatic rings. The Balaban J connectivity index is 2.24. The number of hydrogen-bond donors (Lipinski definition) is 0. The van der Waals surface area contributed by atoms with E-state index < -0.39 is 4.84 Å². The summed E-state index contributed by atoms with van der Waals surface area (Å²) in [6, 6.07) is 9.99. The van der Waals surface area contributed by atoms with Crippen molar-refractivity contribution in [3.8, 4) is 11.1 Å². The lowest BCUT2D eigenvalue weighted by molar-refractivity contribution is 1.05. The number of thiophene rings is 1. The van der Waals surface area contributed by atoms with E-state index in [0.717, 1.165) is 21.3 Å². The number of halogens is 3. The standard InChI is InChI=1S/C13H7Cl3N2S/c14-10(15)12-17-11(16)9-8(6-19-13(9)18-12)7-4-2-1-3-5-7/h1-6,10H. The van der Waals surface area contributed by atoms with E-state index in [2.05, 4.69) is 9.97 Å². The molecule has 3 rings (SSSR count). The Labute approximate surface area is 129 Å². The normalized spacial score (nSPS) is 11.4. The van der Waals surface area contributed by atoms with Crippen LogP contribution in [-0.4, -0.2) is 9.97 Å². The molecule has 2 aromatic heterocycles.